The molecule has 4 heterocycles. The van der Waals surface area contributed by atoms with Crippen LogP contribution < -0.4 is 10.2 Å². The van der Waals surface area contributed by atoms with Gasteiger partial charge in [0.2, 0.25) is 15.9 Å². The number of anilines is 1. The summed E-state index contributed by atoms with van der Waals surface area (Å²) in [7, 11) is -2.57. The Bertz CT molecular complexity index is 2020. The first-order chi connectivity index (χ1) is 27.4. The first kappa shape index (κ1) is 40.8. The zero-order valence-corrected chi connectivity index (χ0v) is 33.9. The second-order valence-electron chi connectivity index (χ2n) is 16.3. The number of alkyl carbamates (subject to hydrolysis) is 1. The lowest BCUT2D eigenvalue weighted by Gasteiger charge is -2.54. The number of carbonyl (C=O) groups is 2. The minimum absolute atomic E-state index is 0.0330. The molecule has 3 aliphatic heterocycles. The molecule has 57 heavy (non-hydrogen) atoms. The molecule has 1 aliphatic carbocycles. The second kappa shape index (κ2) is 16.9. The number of hydrogen-bond acceptors (Lipinski definition) is 8. The van der Waals surface area contributed by atoms with E-state index in [0.717, 1.165) is 63.4 Å². The van der Waals surface area contributed by atoms with Gasteiger partial charge in [-0.2, -0.15) is 4.31 Å². The fraction of sp³-hybridized carbons (Fsp3) is 0.548. The number of amides is 2. The van der Waals surface area contributed by atoms with Crippen LogP contribution in [0.25, 0.3) is 0 Å². The van der Waals surface area contributed by atoms with Crippen molar-refractivity contribution >= 4 is 27.7 Å². The molecule has 2 amide bonds. The van der Waals surface area contributed by atoms with Gasteiger partial charge in [-0.1, -0.05) is 25.1 Å². The van der Waals surface area contributed by atoms with Gasteiger partial charge in [0, 0.05) is 81.1 Å². The number of hydrogen-bond donors (Lipinski definition) is 1. The van der Waals surface area contributed by atoms with E-state index < -0.39 is 27.3 Å². The van der Waals surface area contributed by atoms with E-state index >= 15 is 8.78 Å². The van der Waals surface area contributed by atoms with E-state index in [4.69, 9.17) is 4.74 Å². The van der Waals surface area contributed by atoms with Crippen molar-refractivity contribution in [1.82, 2.24) is 29.0 Å². The van der Waals surface area contributed by atoms with Crippen LogP contribution >= 0.6 is 0 Å². The summed E-state index contributed by atoms with van der Waals surface area (Å²) in [4.78, 5) is 35.0. The van der Waals surface area contributed by atoms with Crippen LogP contribution in [0.4, 0.5) is 19.3 Å². The van der Waals surface area contributed by atoms with E-state index in [1.165, 1.54) is 29.6 Å². The SMILES string of the molecule is C=CC(=O)N1CCN(S(=O)(=O)c2ccc(N3CC(CN4CCC([C@](c5cccc(F)c5)([C@H](C)n5ccnc5)[C@H]5CCC[C@@H]5NC(=O)OC)CC4)C3)c(F)c2)C[C@H]1C. The average Bonchev–Trinajstić information content (AvgIpc) is 3.90. The Morgan fingerprint density at radius 2 is 1.82 bits per heavy atom. The highest BCUT2D eigenvalue weighted by atomic mass is 32.2. The van der Waals surface area contributed by atoms with Gasteiger partial charge in [0.25, 0.3) is 0 Å². The Labute approximate surface area is 334 Å². The average molecular weight is 808 g/mol. The lowest BCUT2D eigenvalue weighted by atomic mass is 9.55. The predicted molar refractivity (Wildman–Crippen MR) is 213 cm³/mol. The van der Waals surface area contributed by atoms with Gasteiger partial charge in [-0.3, -0.25) is 4.79 Å². The number of halogens is 2. The summed E-state index contributed by atoms with van der Waals surface area (Å²) in [5.74, 6) is -0.559. The zero-order valence-electron chi connectivity index (χ0n) is 33.1. The molecule has 1 aromatic heterocycles. The molecule has 0 bridgehead atoms. The maximum absolute atomic E-state index is 15.6. The lowest BCUT2D eigenvalue weighted by molar-refractivity contribution is -0.129. The molecule has 4 aliphatic rings. The maximum atomic E-state index is 15.6. The molecular formula is C42H55F2N7O5S. The van der Waals surface area contributed by atoms with Gasteiger partial charge in [0.05, 0.1) is 24.0 Å². The van der Waals surface area contributed by atoms with Crippen LogP contribution in [0.5, 0.6) is 0 Å². The van der Waals surface area contributed by atoms with Crippen molar-refractivity contribution in [2.75, 3.05) is 64.4 Å². The number of sulfonamides is 1. The van der Waals surface area contributed by atoms with Crippen LogP contribution in [0, 0.1) is 29.4 Å². The number of benzene rings is 2. The molecule has 1 saturated carbocycles. The van der Waals surface area contributed by atoms with Crippen LogP contribution in [0.2, 0.25) is 0 Å². The zero-order chi connectivity index (χ0) is 40.5. The van der Waals surface area contributed by atoms with E-state index in [2.05, 4.69) is 39.3 Å². The third-order valence-electron chi connectivity index (χ3n) is 13.3. The number of aromatic nitrogens is 2. The Morgan fingerprint density at radius 1 is 1.05 bits per heavy atom. The summed E-state index contributed by atoms with van der Waals surface area (Å²) >= 11 is 0. The molecule has 1 N–H and O–H groups in total. The number of likely N-dealkylation sites (tertiary alicyclic amines) is 1. The second-order valence-corrected chi connectivity index (χ2v) is 18.3. The van der Waals surface area contributed by atoms with Gasteiger partial charge in [-0.15, -0.1) is 0 Å². The molecule has 308 valence electrons. The van der Waals surface area contributed by atoms with Gasteiger partial charge < -0.3 is 29.3 Å². The molecule has 0 radical (unpaired) electrons. The first-order valence-electron chi connectivity index (χ1n) is 20.1. The molecule has 4 fully saturated rings. The molecule has 0 unspecified atom stereocenters. The molecule has 3 aromatic rings. The summed E-state index contributed by atoms with van der Waals surface area (Å²) in [5.41, 5.74) is 0.815. The van der Waals surface area contributed by atoms with E-state index in [1.807, 2.05) is 17.4 Å². The highest BCUT2D eigenvalue weighted by molar-refractivity contribution is 7.89. The summed E-state index contributed by atoms with van der Waals surface area (Å²) in [5, 5.41) is 3.14. The monoisotopic (exact) mass is 807 g/mol. The normalized spacial score (nSPS) is 24.4. The quantitative estimate of drug-likeness (QED) is 0.241. The summed E-state index contributed by atoms with van der Waals surface area (Å²) in [6, 6.07) is 10.6. The van der Waals surface area contributed by atoms with Crippen molar-refractivity contribution in [3.8, 4) is 0 Å². The van der Waals surface area contributed by atoms with Crippen molar-refractivity contribution < 1.29 is 31.5 Å². The predicted octanol–water partition coefficient (Wildman–Crippen LogP) is 5.44. The van der Waals surface area contributed by atoms with Crippen molar-refractivity contribution in [2.45, 2.75) is 74.4 Å². The Kier molecular flexibility index (Phi) is 12.1. The first-order valence-corrected chi connectivity index (χ1v) is 21.6. The number of ether oxygens (including phenoxy) is 1. The van der Waals surface area contributed by atoms with Crippen LogP contribution in [0.1, 0.15) is 57.6 Å². The molecule has 15 heteroatoms. The Balaban J connectivity index is 1.02. The highest BCUT2D eigenvalue weighted by Crippen LogP contribution is 2.56. The van der Waals surface area contributed by atoms with Crippen molar-refractivity contribution in [3.05, 3.63) is 91.0 Å². The smallest absolute Gasteiger partial charge is 0.407 e. The highest BCUT2D eigenvalue weighted by Gasteiger charge is 2.55. The topological polar surface area (TPSA) is 120 Å². The molecule has 7 rings (SSSR count). The van der Waals surface area contributed by atoms with Gasteiger partial charge in [0.1, 0.15) is 11.6 Å². The van der Waals surface area contributed by atoms with Gasteiger partial charge in [-0.25, -0.2) is 27.0 Å². The van der Waals surface area contributed by atoms with E-state index in [1.54, 1.807) is 36.2 Å². The van der Waals surface area contributed by atoms with Crippen LogP contribution in [0.15, 0.2) is 78.7 Å². The van der Waals surface area contributed by atoms with Crippen LogP contribution in [0.3, 0.4) is 0 Å². The summed E-state index contributed by atoms with van der Waals surface area (Å²) in [6.45, 7) is 11.9. The lowest BCUT2D eigenvalue weighted by Crippen LogP contribution is -2.57. The van der Waals surface area contributed by atoms with E-state index in [9.17, 15) is 18.0 Å². The standard InChI is InChI=1S/C42H55F2N7O5S/c1-5-40(52)51-21-20-50(24-29(51)2)57(54,55)35-12-13-39(37(44)23-35)49-26-31(27-49)25-47-17-14-32(15-18-47)42(30(3)48-19-16-45-28-48,33-8-6-9-34(43)22-33)36-10-7-11-38(36)46-41(53)56-4/h5-6,8-9,12-13,16,19,22-23,28-32,36,38H,1,7,10-11,14-15,17-18,20-21,24-27H2,2-4H3,(H,46,53)/t29-,30+,36+,38+,42+/m1/s1. The minimum atomic E-state index is -3.95. The maximum Gasteiger partial charge on any atom is 0.407 e. The van der Waals surface area contributed by atoms with E-state index in [-0.39, 0.29) is 66.2 Å². The summed E-state index contributed by atoms with van der Waals surface area (Å²) < 4.78 is 66.2. The van der Waals surface area contributed by atoms with Crippen molar-refractivity contribution in [3.63, 3.8) is 0 Å². The number of piperidine rings is 1. The third kappa shape index (κ3) is 7.94. The third-order valence-corrected chi connectivity index (χ3v) is 15.1. The van der Waals surface area contributed by atoms with Gasteiger partial charge in [0.15, 0.2) is 0 Å². The van der Waals surface area contributed by atoms with E-state index in [0.29, 0.717) is 24.7 Å². The number of methoxy groups -OCH3 is 1. The number of nitrogens with zero attached hydrogens (tertiary/aromatic N) is 6. The Hall–Kier alpha value is -4.34. The Morgan fingerprint density at radius 3 is 2.47 bits per heavy atom. The molecular weight excluding hydrogens is 753 g/mol. The fourth-order valence-corrected chi connectivity index (χ4v) is 12.1. The van der Waals surface area contributed by atoms with Gasteiger partial charge >= 0.3 is 6.09 Å². The number of rotatable bonds is 12. The number of imidazole rings is 1. The number of carbonyl (C=O) groups excluding carboxylic acids is 2. The fourth-order valence-electron chi connectivity index (χ4n) is 10.5. The minimum Gasteiger partial charge on any atom is -0.453 e. The van der Waals surface area contributed by atoms with Crippen LogP contribution in [-0.4, -0.2) is 116 Å². The number of nitrogens with one attached hydrogen (secondary N) is 1. The number of piperazine rings is 1. The molecule has 2 aromatic carbocycles. The van der Waals surface area contributed by atoms with Crippen molar-refractivity contribution in [2.24, 2.45) is 17.8 Å². The van der Waals surface area contributed by atoms with Crippen LogP contribution in [-0.2, 0) is 25.0 Å². The van der Waals surface area contributed by atoms with Gasteiger partial charge in [-0.05, 0) is 106 Å². The van der Waals surface area contributed by atoms with Crippen molar-refractivity contribution in [1.29, 1.82) is 0 Å². The largest absolute Gasteiger partial charge is 0.453 e. The summed E-state index contributed by atoms with van der Waals surface area (Å²) in [6.07, 6.45) is 10.8. The molecule has 12 nitrogen and oxygen atoms in total. The molecule has 0 spiro atoms. The molecule has 5 atom stereocenters. The molecule has 3 saturated heterocycles.